The van der Waals surface area contributed by atoms with Crippen molar-refractivity contribution in [3.05, 3.63) is 24.3 Å². The maximum Gasteiger partial charge on any atom is 0.407 e. The third kappa shape index (κ3) is 36.9. The fraction of sp³-hybridized carbons (Fsp3) is 0.828. The number of rotatable bonds is 42. The van der Waals surface area contributed by atoms with Crippen LogP contribution in [0.15, 0.2) is 24.3 Å². The summed E-state index contributed by atoms with van der Waals surface area (Å²) < 4.78 is 55.9. The number of alkyl carbamates (subject to hydrolysis) is 2. The van der Waals surface area contributed by atoms with E-state index in [2.05, 4.69) is 101 Å². The predicted molar refractivity (Wildman–Crippen MR) is 326 cm³/mol. The number of hydrogen-bond donors (Lipinski definition) is 8. The summed E-state index contributed by atoms with van der Waals surface area (Å²) in [6, 6.07) is 1.85. The van der Waals surface area contributed by atoms with Gasteiger partial charge in [0.25, 0.3) is 0 Å². The highest BCUT2D eigenvalue weighted by atomic mass is 28.5. The second-order valence-corrected chi connectivity index (χ2v) is 38.8. The fourth-order valence-electron chi connectivity index (χ4n) is 10.9. The van der Waals surface area contributed by atoms with Crippen LogP contribution >= 0.6 is 0 Å². The Bertz CT molecular complexity index is 2080. The highest BCUT2D eigenvalue weighted by Gasteiger charge is 2.40. The average Bonchev–Trinajstić information content (AvgIpc) is 3.21. The highest BCUT2D eigenvalue weighted by Crippen LogP contribution is 2.40. The Morgan fingerprint density at radius 2 is 0.941 bits per heavy atom. The number of hydrogen-bond acceptors (Lipinski definition) is 22. The van der Waals surface area contributed by atoms with E-state index in [1.54, 1.807) is 0 Å². The molecule has 0 bridgehead atoms. The number of nitrogens with one attached hydrogen (secondary N) is 4. The zero-order valence-corrected chi connectivity index (χ0v) is 56.2. The first kappa shape index (κ1) is 77.2. The smallest absolute Gasteiger partial charge is 0.407 e. The number of ether oxygens (including phenoxy) is 8. The van der Waals surface area contributed by atoms with Crippen LogP contribution in [0.1, 0.15) is 106 Å². The molecule has 2 fully saturated rings. The summed E-state index contributed by atoms with van der Waals surface area (Å²) in [6.07, 6.45) is 1.36. The normalized spacial score (nSPS) is 20.1. The lowest BCUT2D eigenvalue weighted by Gasteiger charge is -2.40. The molecule has 0 saturated heterocycles. The molecule has 0 aromatic rings. The molecule has 2 rings (SSSR count). The monoisotopic (exact) mass is 1260 g/mol. The van der Waals surface area contributed by atoms with Gasteiger partial charge in [-0.25, -0.2) is 19.2 Å². The van der Waals surface area contributed by atoms with Crippen LogP contribution in [0.4, 0.5) is 9.59 Å². The maximum atomic E-state index is 12.8. The molecular formula is C58H108N4O20Si3. The maximum absolute atomic E-state index is 12.8. The summed E-state index contributed by atoms with van der Waals surface area (Å²) in [6.45, 7) is 32.0. The third-order valence-electron chi connectivity index (χ3n) is 14.2. The van der Waals surface area contributed by atoms with Crippen molar-refractivity contribution < 1.29 is 95.3 Å². The van der Waals surface area contributed by atoms with Crippen molar-refractivity contribution in [1.82, 2.24) is 21.3 Å². The second-order valence-electron chi connectivity index (χ2n) is 26.3. The van der Waals surface area contributed by atoms with E-state index in [4.69, 9.17) is 46.1 Å². The minimum Gasteiger partial charge on any atom is -0.463 e. The van der Waals surface area contributed by atoms with Crippen molar-refractivity contribution in [1.29, 1.82) is 0 Å². The van der Waals surface area contributed by atoms with Gasteiger partial charge >= 0.3 is 44.6 Å². The van der Waals surface area contributed by atoms with Crippen molar-refractivity contribution in [2.75, 3.05) is 92.2 Å². The van der Waals surface area contributed by atoms with Crippen LogP contribution in [0.5, 0.6) is 0 Å². The van der Waals surface area contributed by atoms with Crippen LogP contribution in [0.2, 0.25) is 51.4 Å². The molecule has 85 heavy (non-hydrogen) atoms. The first-order chi connectivity index (χ1) is 39.6. The highest BCUT2D eigenvalue weighted by molar-refractivity contribution is 6.87. The molecule has 24 nitrogen and oxygen atoms in total. The molecule has 0 aliphatic heterocycles. The van der Waals surface area contributed by atoms with Gasteiger partial charge in [0.2, 0.25) is 0 Å². The van der Waals surface area contributed by atoms with Gasteiger partial charge in [-0.05, 0) is 139 Å². The topological polar surface area (TPSA) is 324 Å². The molecular weight excluding hydrogens is 1160 g/mol. The molecule has 2 aliphatic carbocycles. The van der Waals surface area contributed by atoms with Crippen molar-refractivity contribution in [2.45, 2.75) is 194 Å². The zero-order chi connectivity index (χ0) is 64.0. The average molecular weight is 1270 g/mol. The van der Waals surface area contributed by atoms with Gasteiger partial charge in [-0.1, -0.05) is 40.9 Å². The Morgan fingerprint density at radius 3 is 1.36 bits per heavy atom. The van der Waals surface area contributed by atoms with Crippen molar-refractivity contribution in [3.8, 4) is 0 Å². The third-order valence-corrected chi connectivity index (χ3v) is 25.6. The predicted octanol–water partition coefficient (Wildman–Crippen LogP) is 5.52. The molecule has 8 N–H and O–H groups in total. The van der Waals surface area contributed by atoms with Crippen LogP contribution < -0.4 is 21.3 Å². The van der Waals surface area contributed by atoms with E-state index in [0.717, 1.165) is 63.5 Å². The Balaban J connectivity index is 1.60. The van der Waals surface area contributed by atoms with Crippen molar-refractivity contribution in [3.63, 3.8) is 0 Å². The molecule has 2 aliphatic rings. The van der Waals surface area contributed by atoms with E-state index in [0.29, 0.717) is 39.4 Å². The van der Waals surface area contributed by atoms with E-state index >= 15 is 0 Å². The van der Waals surface area contributed by atoms with Gasteiger partial charge in [0.15, 0.2) is 16.6 Å². The van der Waals surface area contributed by atoms with Crippen molar-refractivity contribution in [2.24, 2.45) is 22.7 Å². The Labute approximate surface area is 508 Å². The summed E-state index contributed by atoms with van der Waals surface area (Å²) in [5.74, 6) is -1.93. The fourth-order valence-corrected chi connectivity index (χ4v) is 24.9. The van der Waals surface area contributed by atoms with Crippen molar-refractivity contribution >= 4 is 61.3 Å². The van der Waals surface area contributed by atoms with Gasteiger partial charge in [0.1, 0.15) is 57.5 Å². The van der Waals surface area contributed by atoms with Gasteiger partial charge in [-0.15, -0.1) is 0 Å². The lowest BCUT2D eigenvalue weighted by Crippen LogP contribution is -2.52. The Morgan fingerprint density at radius 1 is 0.553 bits per heavy atom. The first-order valence-electron chi connectivity index (χ1n) is 30.1. The number of aliphatic hydroxyl groups excluding tert-OH is 4. The summed E-state index contributed by atoms with van der Waals surface area (Å²) >= 11 is 0. The summed E-state index contributed by atoms with van der Waals surface area (Å²) in [7, 11) is -6.86. The van der Waals surface area contributed by atoms with Crippen LogP contribution in [-0.2, 0) is 65.3 Å². The lowest BCUT2D eigenvalue weighted by atomic mass is 9.70. The second kappa shape index (κ2) is 38.5. The lowest BCUT2D eigenvalue weighted by molar-refractivity contribution is -0.151. The van der Waals surface area contributed by atoms with Gasteiger partial charge in [0.05, 0.1) is 32.7 Å². The Kier molecular flexibility index (Phi) is 35.0. The minimum atomic E-state index is -2.53. The van der Waals surface area contributed by atoms with E-state index in [1.165, 1.54) is 13.8 Å². The molecule has 0 aromatic heterocycles. The molecule has 8 atom stereocenters. The molecule has 492 valence electrons. The van der Waals surface area contributed by atoms with Gasteiger partial charge in [-0.3, -0.25) is 9.59 Å². The summed E-state index contributed by atoms with van der Waals surface area (Å²) in [5, 5.41) is 52.9. The molecule has 0 heterocycles. The SMILES string of the molecule is C=C(C)C(=O)OCC(O)COC(=O)CCNC1CC(CNC(=O)OCC(O)COCCC[Si](C)(C)O[Si](C)(C)O[Si](C)(C)CCCOCC(CO)OC(=O)NCC2CC(NCCC(=O)OCC(O)COC(=O)C(=C)C)CC(C)(C)C2)CC(C)(C)C1. The molecule has 0 aromatic carbocycles. The van der Waals surface area contributed by atoms with E-state index in [-0.39, 0.29) is 105 Å². The van der Waals surface area contributed by atoms with Crippen LogP contribution in [-0.4, -0.2) is 210 Å². The number of carbonyl (C=O) groups is 6. The van der Waals surface area contributed by atoms with Gasteiger partial charge < -0.3 is 87.8 Å². The zero-order valence-electron chi connectivity index (χ0n) is 53.2. The molecule has 0 spiro atoms. The quantitative estimate of drug-likeness (QED) is 0.0123. The summed E-state index contributed by atoms with van der Waals surface area (Å²) in [5.41, 5.74) is 0.387. The number of aliphatic hydroxyl groups is 4. The van der Waals surface area contributed by atoms with E-state index in [1.807, 2.05) is 0 Å². The molecule has 0 radical (unpaired) electrons. The minimum absolute atomic E-state index is 0.00728. The largest absolute Gasteiger partial charge is 0.463 e. The molecule has 27 heteroatoms. The standard InChI is InChI=1S/C58H108N4O20Si3/c1-41(2)53(69)77-37-48(65)35-75-51(67)17-19-59-45-25-43(27-57(5,6)29-45)31-61-55(71)79-39-47(64)34-73-21-15-23-83(9,10)81-85(13,14)82-84(11,12)24-16-22-74-40-50(33-63)80-56(72)62-32-44-26-46(30-58(7,8)28-44)60-20-18-52(68)76-36-49(66)38-78-54(70)42(3)4/h43-50,59-60,63-66H,1,3,15-40H2,2,4-14H3,(H,61,71)(H,62,72). The van der Waals surface area contributed by atoms with E-state index in [9.17, 15) is 49.2 Å². The van der Waals surface area contributed by atoms with E-state index < -0.39 is 92.3 Å². The van der Waals surface area contributed by atoms with Crippen LogP contribution in [0.25, 0.3) is 0 Å². The number of amides is 2. The van der Waals surface area contributed by atoms with Gasteiger partial charge in [0, 0.05) is 62.6 Å². The van der Waals surface area contributed by atoms with Crippen LogP contribution in [0.3, 0.4) is 0 Å². The first-order valence-corrected chi connectivity index (χ1v) is 39.1. The summed E-state index contributed by atoms with van der Waals surface area (Å²) in [4.78, 5) is 73.0. The number of carbonyl (C=O) groups excluding carboxylic acids is 6. The molecule has 8 unspecified atom stereocenters. The van der Waals surface area contributed by atoms with Gasteiger partial charge in [-0.2, -0.15) is 0 Å². The molecule has 2 amide bonds. The Hall–Kier alpha value is -3.85. The molecule has 2 saturated carbocycles. The van der Waals surface area contributed by atoms with Crippen LogP contribution in [0, 0.1) is 22.7 Å². The number of esters is 4.